The van der Waals surface area contributed by atoms with E-state index in [-0.39, 0.29) is 6.61 Å². The Labute approximate surface area is 74.2 Å². The van der Waals surface area contributed by atoms with Crippen molar-refractivity contribution in [3.63, 3.8) is 0 Å². The van der Waals surface area contributed by atoms with Gasteiger partial charge < -0.3 is 10.2 Å². The Morgan fingerprint density at radius 2 is 2.42 bits per heavy atom. The van der Waals surface area contributed by atoms with Gasteiger partial charge in [0.1, 0.15) is 5.82 Å². The Balaban J connectivity index is 2.33. The largest absolute Gasteiger partial charge is 0.394 e. The molecular formula is C6H11N3O2S. The lowest BCUT2D eigenvalue weighted by molar-refractivity contribution is 0.113. The van der Waals surface area contributed by atoms with Gasteiger partial charge in [0.05, 0.1) is 12.7 Å². The molecule has 68 valence electrons. The molecule has 0 aliphatic rings. The van der Waals surface area contributed by atoms with Gasteiger partial charge in [0.2, 0.25) is 5.16 Å². The molecule has 0 radical (unpaired) electrons. The van der Waals surface area contributed by atoms with Crippen molar-refractivity contribution < 1.29 is 10.2 Å². The summed E-state index contributed by atoms with van der Waals surface area (Å²) in [5.41, 5.74) is 0. The second-order valence-electron chi connectivity index (χ2n) is 2.35. The first-order chi connectivity index (χ1) is 5.72. The molecule has 0 spiro atoms. The van der Waals surface area contributed by atoms with Crippen LogP contribution in [0.5, 0.6) is 0 Å². The van der Waals surface area contributed by atoms with Crippen molar-refractivity contribution >= 4 is 11.8 Å². The van der Waals surface area contributed by atoms with E-state index in [0.717, 1.165) is 5.82 Å². The number of H-pyrrole nitrogens is 1. The van der Waals surface area contributed by atoms with Gasteiger partial charge in [-0.2, -0.15) is 0 Å². The normalized spacial score (nSPS) is 13.2. The lowest BCUT2D eigenvalue weighted by Gasteiger charge is -2.02. The highest BCUT2D eigenvalue weighted by Gasteiger charge is 2.05. The van der Waals surface area contributed by atoms with Gasteiger partial charge in [-0.1, -0.05) is 11.8 Å². The van der Waals surface area contributed by atoms with Crippen molar-refractivity contribution in [3.8, 4) is 0 Å². The van der Waals surface area contributed by atoms with Crippen molar-refractivity contribution in [2.75, 3.05) is 12.4 Å². The molecule has 1 aromatic rings. The van der Waals surface area contributed by atoms with E-state index >= 15 is 0 Å². The van der Waals surface area contributed by atoms with Gasteiger partial charge in [-0.3, -0.25) is 5.10 Å². The fourth-order valence-electron chi connectivity index (χ4n) is 0.610. The van der Waals surface area contributed by atoms with Crippen LogP contribution in [-0.4, -0.2) is 43.9 Å². The van der Waals surface area contributed by atoms with Crippen molar-refractivity contribution in [1.82, 2.24) is 15.2 Å². The van der Waals surface area contributed by atoms with Crippen LogP contribution in [0.25, 0.3) is 0 Å². The van der Waals surface area contributed by atoms with Crippen LogP contribution < -0.4 is 0 Å². The molecule has 12 heavy (non-hydrogen) atoms. The number of aliphatic hydroxyl groups is 2. The zero-order valence-electron chi connectivity index (χ0n) is 6.69. The van der Waals surface area contributed by atoms with Crippen LogP contribution in [0, 0.1) is 6.92 Å². The van der Waals surface area contributed by atoms with E-state index in [1.807, 2.05) is 0 Å². The lowest BCUT2D eigenvalue weighted by atomic mass is 10.4. The molecule has 0 aliphatic carbocycles. The van der Waals surface area contributed by atoms with Crippen LogP contribution in [-0.2, 0) is 0 Å². The molecule has 1 aromatic heterocycles. The number of aliphatic hydroxyl groups excluding tert-OH is 2. The predicted molar refractivity (Wildman–Crippen MR) is 44.9 cm³/mol. The molecule has 3 N–H and O–H groups in total. The quantitative estimate of drug-likeness (QED) is 0.559. The van der Waals surface area contributed by atoms with Crippen LogP contribution in [0.4, 0.5) is 0 Å². The fourth-order valence-corrected chi connectivity index (χ4v) is 1.37. The summed E-state index contributed by atoms with van der Waals surface area (Å²) in [5.74, 6) is 1.16. The van der Waals surface area contributed by atoms with Gasteiger partial charge in [-0.05, 0) is 6.92 Å². The molecule has 0 amide bonds. The Hall–Kier alpha value is -0.590. The maximum atomic E-state index is 8.99. The molecule has 1 atom stereocenters. The van der Waals surface area contributed by atoms with Crippen LogP contribution in [0.3, 0.4) is 0 Å². The van der Waals surface area contributed by atoms with Crippen LogP contribution in [0.15, 0.2) is 5.16 Å². The number of nitrogens with zero attached hydrogens (tertiary/aromatic N) is 2. The molecule has 1 unspecified atom stereocenters. The van der Waals surface area contributed by atoms with Crippen LogP contribution in [0.2, 0.25) is 0 Å². The second-order valence-corrected chi connectivity index (χ2v) is 3.34. The first kappa shape index (κ1) is 9.50. The van der Waals surface area contributed by atoms with Crippen LogP contribution in [0.1, 0.15) is 5.82 Å². The summed E-state index contributed by atoms with van der Waals surface area (Å²) in [5, 5.41) is 24.6. The maximum absolute atomic E-state index is 8.99. The summed E-state index contributed by atoms with van der Waals surface area (Å²) >= 11 is 1.31. The number of hydrogen-bond acceptors (Lipinski definition) is 5. The smallest absolute Gasteiger partial charge is 0.208 e. The third-order valence-electron chi connectivity index (χ3n) is 1.19. The zero-order chi connectivity index (χ0) is 8.97. The van der Waals surface area contributed by atoms with Gasteiger partial charge in [-0.15, -0.1) is 5.10 Å². The highest BCUT2D eigenvalue weighted by Crippen LogP contribution is 2.12. The Morgan fingerprint density at radius 3 is 2.92 bits per heavy atom. The number of aromatic amines is 1. The van der Waals surface area contributed by atoms with E-state index in [0.29, 0.717) is 10.9 Å². The Kier molecular flexibility index (Phi) is 3.51. The van der Waals surface area contributed by atoms with E-state index < -0.39 is 6.10 Å². The first-order valence-corrected chi connectivity index (χ1v) is 4.51. The standard InChI is InChI=1S/C6H11N3O2S/c1-4-7-6(9-8-4)12-3-5(11)2-10/h5,10-11H,2-3H2,1H3,(H,7,8,9). The third kappa shape index (κ3) is 2.80. The van der Waals surface area contributed by atoms with Crippen LogP contribution >= 0.6 is 11.8 Å². The number of rotatable bonds is 4. The average Bonchev–Trinajstić information content (AvgIpc) is 2.47. The molecule has 0 fully saturated rings. The minimum absolute atomic E-state index is 0.226. The first-order valence-electron chi connectivity index (χ1n) is 3.53. The predicted octanol–water partition coefficient (Wildman–Crippen LogP) is -0.442. The summed E-state index contributed by atoms with van der Waals surface area (Å²) in [6, 6.07) is 0. The van der Waals surface area contributed by atoms with Gasteiger partial charge in [0, 0.05) is 5.75 Å². The summed E-state index contributed by atoms with van der Waals surface area (Å²) in [6.07, 6.45) is -0.700. The minimum atomic E-state index is -0.700. The SMILES string of the molecule is Cc1nc(SCC(O)CO)n[nH]1. The van der Waals surface area contributed by atoms with Crippen molar-refractivity contribution in [1.29, 1.82) is 0 Å². The Bertz CT molecular complexity index is 240. The number of hydrogen-bond donors (Lipinski definition) is 3. The van der Waals surface area contributed by atoms with Crippen molar-refractivity contribution in [2.24, 2.45) is 0 Å². The summed E-state index contributed by atoms with van der Waals surface area (Å²) < 4.78 is 0. The van der Waals surface area contributed by atoms with Gasteiger partial charge in [-0.25, -0.2) is 4.98 Å². The van der Waals surface area contributed by atoms with E-state index in [1.54, 1.807) is 6.92 Å². The Morgan fingerprint density at radius 1 is 1.67 bits per heavy atom. The molecule has 1 heterocycles. The lowest BCUT2D eigenvalue weighted by Crippen LogP contribution is -2.14. The molecule has 0 saturated heterocycles. The summed E-state index contributed by atoms with van der Waals surface area (Å²) in [4.78, 5) is 4.02. The van der Waals surface area contributed by atoms with E-state index in [4.69, 9.17) is 10.2 Å². The van der Waals surface area contributed by atoms with E-state index in [1.165, 1.54) is 11.8 Å². The topological polar surface area (TPSA) is 82.0 Å². The van der Waals surface area contributed by atoms with E-state index in [2.05, 4.69) is 15.2 Å². The van der Waals surface area contributed by atoms with Gasteiger partial charge >= 0.3 is 0 Å². The summed E-state index contributed by atoms with van der Waals surface area (Å²) in [6.45, 7) is 1.58. The highest BCUT2D eigenvalue weighted by atomic mass is 32.2. The van der Waals surface area contributed by atoms with Crippen molar-refractivity contribution in [3.05, 3.63) is 5.82 Å². The summed E-state index contributed by atoms with van der Waals surface area (Å²) in [7, 11) is 0. The number of aromatic nitrogens is 3. The van der Waals surface area contributed by atoms with Gasteiger partial charge in [0.15, 0.2) is 0 Å². The highest BCUT2D eigenvalue weighted by molar-refractivity contribution is 7.99. The zero-order valence-corrected chi connectivity index (χ0v) is 7.51. The molecule has 0 bridgehead atoms. The third-order valence-corrected chi connectivity index (χ3v) is 2.18. The molecule has 6 heteroatoms. The number of aryl methyl sites for hydroxylation is 1. The molecule has 5 nitrogen and oxygen atoms in total. The monoisotopic (exact) mass is 189 g/mol. The van der Waals surface area contributed by atoms with E-state index in [9.17, 15) is 0 Å². The van der Waals surface area contributed by atoms with Crippen molar-refractivity contribution in [2.45, 2.75) is 18.2 Å². The van der Waals surface area contributed by atoms with Gasteiger partial charge in [0.25, 0.3) is 0 Å². The molecule has 0 aliphatic heterocycles. The second kappa shape index (κ2) is 4.44. The number of nitrogens with one attached hydrogen (secondary N) is 1. The maximum Gasteiger partial charge on any atom is 0.208 e. The molecule has 0 aromatic carbocycles. The minimum Gasteiger partial charge on any atom is -0.394 e. The average molecular weight is 189 g/mol. The molecular weight excluding hydrogens is 178 g/mol. The molecule has 1 rings (SSSR count). The fraction of sp³-hybridized carbons (Fsp3) is 0.667. The number of thioether (sulfide) groups is 1. The molecule has 0 saturated carbocycles.